The first-order chi connectivity index (χ1) is 7.33. The molecule has 0 atom stereocenters. The van der Waals surface area contributed by atoms with Gasteiger partial charge in [-0.2, -0.15) is 0 Å². The Kier molecular flexibility index (Phi) is 3.41. The van der Waals surface area contributed by atoms with Gasteiger partial charge < -0.3 is 9.88 Å². The van der Waals surface area contributed by atoms with Crippen LogP contribution in [-0.2, 0) is 13.5 Å². The van der Waals surface area contributed by atoms with Crippen molar-refractivity contribution in [3.63, 3.8) is 0 Å². The minimum atomic E-state index is 0.769. The van der Waals surface area contributed by atoms with Crippen LogP contribution in [0.5, 0.6) is 0 Å². The minimum absolute atomic E-state index is 0.769. The molecule has 0 spiro atoms. The van der Waals surface area contributed by atoms with Crippen molar-refractivity contribution in [3.05, 3.63) is 17.7 Å². The molecule has 1 aliphatic carbocycles. The second-order valence-corrected chi connectivity index (χ2v) is 4.49. The number of aromatic nitrogens is 2. The number of imidazole rings is 1. The Morgan fingerprint density at radius 3 is 2.87 bits per heavy atom. The molecule has 1 heterocycles. The molecule has 0 amide bonds. The molecule has 1 fully saturated rings. The molecule has 1 aromatic heterocycles. The highest BCUT2D eigenvalue weighted by atomic mass is 15.1. The molecule has 0 saturated heterocycles. The lowest BCUT2D eigenvalue weighted by Crippen LogP contribution is -2.14. The molecule has 0 aromatic carbocycles. The van der Waals surface area contributed by atoms with E-state index in [9.17, 15) is 0 Å². The summed E-state index contributed by atoms with van der Waals surface area (Å²) >= 11 is 0. The summed E-state index contributed by atoms with van der Waals surface area (Å²) in [4.78, 5) is 4.52. The Hall–Kier alpha value is -0.830. The third kappa shape index (κ3) is 2.23. The maximum absolute atomic E-state index is 4.52. The summed E-state index contributed by atoms with van der Waals surface area (Å²) < 4.78 is 2.30. The molecule has 1 aromatic rings. The van der Waals surface area contributed by atoms with Crippen LogP contribution in [0.3, 0.4) is 0 Å². The average Bonchev–Trinajstić information content (AvgIpc) is 2.84. The van der Waals surface area contributed by atoms with Gasteiger partial charge in [-0.25, -0.2) is 4.98 Å². The Morgan fingerprint density at radius 2 is 2.20 bits per heavy atom. The maximum atomic E-state index is 4.52. The summed E-state index contributed by atoms with van der Waals surface area (Å²) in [6, 6.07) is 0. The van der Waals surface area contributed by atoms with Gasteiger partial charge in [-0.05, 0) is 19.9 Å². The van der Waals surface area contributed by atoms with Crippen LogP contribution in [0.15, 0.2) is 6.20 Å². The third-order valence-corrected chi connectivity index (χ3v) is 3.49. The monoisotopic (exact) mass is 207 g/mol. The van der Waals surface area contributed by atoms with Crippen molar-refractivity contribution in [2.24, 2.45) is 7.05 Å². The normalized spacial score (nSPS) is 17.5. The van der Waals surface area contributed by atoms with E-state index in [2.05, 4.69) is 28.1 Å². The summed E-state index contributed by atoms with van der Waals surface area (Å²) in [5.74, 6) is 1.98. The van der Waals surface area contributed by atoms with Crippen LogP contribution in [0, 0.1) is 0 Å². The molecule has 2 rings (SSSR count). The molecule has 3 nitrogen and oxygen atoms in total. The first kappa shape index (κ1) is 10.7. The Morgan fingerprint density at radius 1 is 1.47 bits per heavy atom. The Bertz CT molecular complexity index is 311. The maximum Gasteiger partial charge on any atom is 0.109 e. The largest absolute Gasteiger partial charge is 0.335 e. The second-order valence-electron chi connectivity index (χ2n) is 4.49. The van der Waals surface area contributed by atoms with E-state index in [0.29, 0.717) is 0 Å². The van der Waals surface area contributed by atoms with Crippen molar-refractivity contribution in [3.8, 4) is 0 Å². The molecule has 1 saturated carbocycles. The van der Waals surface area contributed by atoms with E-state index >= 15 is 0 Å². The highest BCUT2D eigenvalue weighted by molar-refractivity contribution is 5.12. The van der Waals surface area contributed by atoms with Gasteiger partial charge in [-0.15, -0.1) is 0 Å². The number of likely N-dealkylation sites (N-methyl/N-ethyl adjacent to an activating group) is 1. The summed E-state index contributed by atoms with van der Waals surface area (Å²) in [6.45, 7) is 1.01. The number of hydrogen-bond acceptors (Lipinski definition) is 2. The van der Waals surface area contributed by atoms with Crippen LogP contribution in [-0.4, -0.2) is 23.1 Å². The van der Waals surface area contributed by atoms with Gasteiger partial charge in [-0.1, -0.05) is 12.8 Å². The van der Waals surface area contributed by atoms with Gasteiger partial charge in [0.2, 0.25) is 0 Å². The predicted octanol–water partition coefficient (Wildman–Crippen LogP) is 1.84. The van der Waals surface area contributed by atoms with Gasteiger partial charge in [0, 0.05) is 37.8 Å². The number of hydrogen-bond donors (Lipinski definition) is 1. The summed E-state index contributed by atoms with van der Waals surface area (Å²) in [6.07, 6.45) is 8.60. The van der Waals surface area contributed by atoms with Gasteiger partial charge in [0.15, 0.2) is 0 Å². The second kappa shape index (κ2) is 4.79. The van der Waals surface area contributed by atoms with Crippen LogP contribution in [0.2, 0.25) is 0 Å². The zero-order valence-corrected chi connectivity index (χ0v) is 9.79. The fraction of sp³-hybridized carbons (Fsp3) is 0.750. The zero-order valence-electron chi connectivity index (χ0n) is 9.79. The molecule has 1 aliphatic rings. The van der Waals surface area contributed by atoms with Crippen molar-refractivity contribution >= 4 is 0 Å². The van der Waals surface area contributed by atoms with Gasteiger partial charge in [0.25, 0.3) is 0 Å². The van der Waals surface area contributed by atoms with E-state index in [1.807, 2.05) is 7.05 Å². The molecule has 0 radical (unpaired) electrons. The van der Waals surface area contributed by atoms with E-state index < -0.39 is 0 Å². The van der Waals surface area contributed by atoms with Crippen molar-refractivity contribution in [2.75, 3.05) is 13.6 Å². The average molecular weight is 207 g/mol. The lowest BCUT2D eigenvalue weighted by Gasteiger charge is -2.11. The number of nitrogens with one attached hydrogen (secondary N) is 1. The molecule has 0 unspecified atom stereocenters. The molecule has 1 N–H and O–H groups in total. The number of rotatable bonds is 4. The molecular formula is C12H21N3. The van der Waals surface area contributed by atoms with Crippen molar-refractivity contribution in [1.82, 2.24) is 14.9 Å². The Balaban J connectivity index is 2.08. The molecule has 0 bridgehead atoms. The quantitative estimate of drug-likeness (QED) is 0.816. The van der Waals surface area contributed by atoms with Gasteiger partial charge in [0.1, 0.15) is 5.82 Å². The lowest BCUT2D eigenvalue weighted by molar-refractivity contribution is 0.633. The molecule has 3 heteroatoms. The summed E-state index contributed by atoms with van der Waals surface area (Å²) in [7, 11) is 4.15. The number of nitrogens with zero attached hydrogens (tertiary/aromatic N) is 2. The third-order valence-electron chi connectivity index (χ3n) is 3.49. The molecular weight excluding hydrogens is 186 g/mol. The van der Waals surface area contributed by atoms with Gasteiger partial charge in [-0.3, -0.25) is 0 Å². The SMILES string of the molecule is CNCCc1ncc(C2CCCC2)n1C. The molecule has 15 heavy (non-hydrogen) atoms. The fourth-order valence-electron chi connectivity index (χ4n) is 2.53. The first-order valence-corrected chi connectivity index (χ1v) is 5.98. The smallest absolute Gasteiger partial charge is 0.109 e. The van der Waals surface area contributed by atoms with Crippen LogP contribution >= 0.6 is 0 Å². The standard InChI is InChI=1S/C12H21N3/c1-13-8-7-12-14-9-11(15(12)2)10-5-3-4-6-10/h9-10,13H,3-8H2,1-2H3. The molecule has 0 aliphatic heterocycles. The molecule has 84 valence electrons. The zero-order chi connectivity index (χ0) is 10.7. The van der Waals surface area contributed by atoms with E-state index in [0.717, 1.165) is 18.9 Å². The van der Waals surface area contributed by atoms with Crippen LogP contribution in [0.4, 0.5) is 0 Å². The van der Waals surface area contributed by atoms with Crippen LogP contribution in [0.1, 0.15) is 43.1 Å². The highest BCUT2D eigenvalue weighted by Gasteiger charge is 2.20. The fourth-order valence-corrected chi connectivity index (χ4v) is 2.53. The van der Waals surface area contributed by atoms with Gasteiger partial charge in [0.05, 0.1) is 0 Å². The first-order valence-electron chi connectivity index (χ1n) is 5.98. The van der Waals surface area contributed by atoms with Crippen molar-refractivity contribution in [2.45, 2.75) is 38.0 Å². The van der Waals surface area contributed by atoms with Gasteiger partial charge >= 0.3 is 0 Å². The van der Waals surface area contributed by atoms with Crippen LogP contribution in [0.25, 0.3) is 0 Å². The Labute approximate surface area is 91.9 Å². The van der Waals surface area contributed by atoms with E-state index in [4.69, 9.17) is 0 Å². The van der Waals surface area contributed by atoms with E-state index in [1.54, 1.807) is 0 Å². The van der Waals surface area contributed by atoms with E-state index in [1.165, 1.54) is 37.2 Å². The minimum Gasteiger partial charge on any atom is -0.335 e. The van der Waals surface area contributed by atoms with Crippen molar-refractivity contribution < 1.29 is 0 Å². The van der Waals surface area contributed by atoms with Crippen molar-refractivity contribution in [1.29, 1.82) is 0 Å². The summed E-state index contributed by atoms with van der Waals surface area (Å²) in [5, 5.41) is 3.17. The van der Waals surface area contributed by atoms with E-state index in [-0.39, 0.29) is 0 Å². The highest BCUT2D eigenvalue weighted by Crippen LogP contribution is 2.33. The topological polar surface area (TPSA) is 29.9 Å². The lowest BCUT2D eigenvalue weighted by atomic mass is 10.1. The van der Waals surface area contributed by atoms with Crippen LogP contribution < -0.4 is 5.32 Å². The predicted molar refractivity (Wildman–Crippen MR) is 62.0 cm³/mol. The summed E-state index contributed by atoms with van der Waals surface area (Å²) in [5.41, 5.74) is 1.44.